The summed E-state index contributed by atoms with van der Waals surface area (Å²) in [7, 11) is 0. The zero-order valence-electron chi connectivity index (χ0n) is 13.5. The predicted molar refractivity (Wildman–Crippen MR) is 85.5 cm³/mol. The summed E-state index contributed by atoms with van der Waals surface area (Å²) in [6.07, 6.45) is 2.75. The molecule has 7 heteroatoms. The van der Waals surface area contributed by atoms with Crippen LogP contribution in [-0.4, -0.2) is 16.0 Å². The minimum Gasteiger partial charge on any atom is -0.373 e. The van der Waals surface area contributed by atoms with E-state index in [1.807, 2.05) is 0 Å². The summed E-state index contributed by atoms with van der Waals surface area (Å²) >= 11 is 0. The third-order valence-corrected chi connectivity index (χ3v) is 7.95. The van der Waals surface area contributed by atoms with E-state index in [4.69, 9.17) is 4.74 Å². The second kappa shape index (κ2) is 4.38. The number of benzene rings is 1. The van der Waals surface area contributed by atoms with Crippen LogP contribution < -0.4 is 0 Å². The minimum atomic E-state index is -0.608. The Labute approximate surface area is 143 Å². The van der Waals surface area contributed by atoms with Crippen LogP contribution in [0.25, 0.3) is 0 Å². The van der Waals surface area contributed by atoms with Crippen molar-refractivity contribution in [3.63, 3.8) is 0 Å². The summed E-state index contributed by atoms with van der Waals surface area (Å²) in [5, 5.41) is 22.1. The first kappa shape index (κ1) is 14.2. The van der Waals surface area contributed by atoms with Crippen molar-refractivity contribution in [1.82, 2.24) is 0 Å². The maximum atomic E-state index is 11.3. The summed E-state index contributed by atoms with van der Waals surface area (Å²) in [5.41, 5.74) is -0.0427. The van der Waals surface area contributed by atoms with Crippen LogP contribution in [-0.2, 0) is 11.3 Å². The molecule has 5 saturated carbocycles. The van der Waals surface area contributed by atoms with Crippen LogP contribution in [0.15, 0.2) is 18.2 Å². The summed E-state index contributed by atoms with van der Waals surface area (Å²) < 4.78 is 6.16. The van der Waals surface area contributed by atoms with Gasteiger partial charge in [-0.05, 0) is 66.3 Å². The fraction of sp³-hybridized carbons (Fsp3) is 0.667. The maximum Gasteiger partial charge on any atom is 0.281 e. The molecule has 130 valence electrons. The zero-order chi connectivity index (χ0) is 17.0. The Morgan fingerprint density at radius 1 is 0.920 bits per heavy atom. The van der Waals surface area contributed by atoms with Crippen LogP contribution in [0, 0.1) is 67.6 Å². The summed E-state index contributed by atoms with van der Waals surface area (Å²) in [6, 6.07) is 3.82. The lowest BCUT2D eigenvalue weighted by Gasteiger charge is -2.61. The maximum absolute atomic E-state index is 11.3. The molecule has 0 heterocycles. The molecule has 0 bridgehead atoms. The fourth-order valence-corrected chi connectivity index (χ4v) is 7.23. The van der Waals surface area contributed by atoms with Crippen molar-refractivity contribution < 1.29 is 14.6 Å². The van der Waals surface area contributed by atoms with Gasteiger partial charge in [0.25, 0.3) is 11.4 Å². The van der Waals surface area contributed by atoms with Gasteiger partial charge in [-0.1, -0.05) is 0 Å². The SMILES string of the molecule is O=[N+]([O-])c1ccc(CO[C@@H]2C[C@H]3[C@H]4[C@@H]5C[C@@H]5[C@H]5[C@H]4[C@H]3[C@@H]52)c([N+](=O)[O-])c1. The number of nitrogens with zero attached hydrogens (tertiary/aromatic N) is 2. The number of hydrogen-bond donors (Lipinski definition) is 0. The topological polar surface area (TPSA) is 95.5 Å². The number of nitro benzene ring substituents is 2. The first-order valence-corrected chi connectivity index (χ1v) is 9.09. The monoisotopic (exact) mass is 342 g/mol. The van der Waals surface area contributed by atoms with E-state index in [-0.39, 0.29) is 24.1 Å². The molecule has 0 unspecified atom stereocenters. The van der Waals surface area contributed by atoms with Crippen LogP contribution >= 0.6 is 0 Å². The molecular weight excluding hydrogens is 324 g/mol. The second-order valence-corrected chi connectivity index (χ2v) is 8.53. The first-order chi connectivity index (χ1) is 12.1. The number of non-ortho nitro benzene ring substituents is 1. The Morgan fingerprint density at radius 2 is 1.68 bits per heavy atom. The highest BCUT2D eigenvalue weighted by atomic mass is 16.6. The number of hydrogen-bond acceptors (Lipinski definition) is 5. The molecule has 1 aromatic carbocycles. The van der Waals surface area contributed by atoms with Crippen LogP contribution in [0.1, 0.15) is 18.4 Å². The molecule has 0 N–H and O–H groups in total. The van der Waals surface area contributed by atoms with E-state index in [1.54, 1.807) is 0 Å². The van der Waals surface area contributed by atoms with Gasteiger partial charge >= 0.3 is 0 Å². The van der Waals surface area contributed by atoms with E-state index in [2.05, 4.69) is 0 Å². The second-order valence-electron chi connectivity index (χ2n) is 8.53. The summed E-state index contributed by atoms with van der Waals surface area (Å²) in [4.78, 5) is 20.9. The Balaban J connectivity index is 1.21. The molecule has 9 atom stereocenters. The van der Waals surface area contributed by atoms with E-state index in [9.17, 15) is 20.2 Å². The minimum absolute atomic E-state index is 0.172. The molecular formula is C18H18N2O5. The highest BCUT2D eigenvalue weighted by Gasteiger charge is 2.82. The largest absolute Gasteiger partial charge is 0.373 e. The smallest absolute Gasteiger partial charge is 0.281 e. The molecule has 1 aromatic rings. The molecule has 6 rings (SSSR count). The van der Waals surface area contributed by atoms with E-state index >= 15 is 0 Å². The van der Waals surface area contributed by atoms with Gasteiger partial charge in [0.2, 0.25) is 0 Å². The number of ether oxygens (including phenoxy) is 1. The average Bonchev–Trinajstić information content (AvgIpc) is 3.24. The zero-order valence-corrected chi connectivity index (χ0v) is 13.5. The Hall–Kier alpha value is -2.02. The number of nitro groups is 2. The summed E-state index contributed by atoms with van der Waals surface area (Å²) in [5.74, 6) is 7.11. The first-order valence-electron chi connectivity index (χ1n) is 9.09. The van der Waals surface area contributed by atoms with Gasteiger partial charge in [-0.15, -0.1) is 0 Å². The molecule has 0 saturated heterocycles. The van der Waals surface area contributed by atoms with E-state index in [0.29, 0.717) is 11.5 Å². The van der Waals surface area contributed by atoms with Gasteiger partial charge in [0.15, 0.2) is 0 Å². The molecule has 5 fully saturated rings. The molecule has 0 spiro atoms. The average molecular weight is 342 g/mol. The van der Waals surface area contributed by atoms with E-state index < -0.39 is 9.85 Å². The van der Waals surface area contributed by atoms with Crippen molar-refractivity contribution in [2.75, 3.05) is 0 Å². The normalized spacial score (nSPS) is 46.6. The number of rotatable bonds is 5. The summed E-state index contributed by atoms with van der Waals surface area (Å²) in [6.45, 7) is 0.172. The van der Waals surface area contributed by atoms with Gasteiger partial charge in [0.05, 0.1) is 34.2 Å². The van der Waals surface area contributed by atoms with Crippen molar-refractivity contribution in [2.24, 2.45) is 47.3 Å². The fourth-order valence-electron chi connectivity index (χ4n) is 7.23. The Bertz CT molecular complexity index is 826. The lowest BCUT2D eigenvalue weighted by atomic mass is 9.43. The molecule has 0 aromatic heterocycles. The highest BCUT2D eigenvalue weighted by Crippen LogP contribution is 2.85. The lowest BCUT2D eigenvalue weighted by molar-refractivity contribution is -0.394. The third-order valence-electron chi connectivity index (χ3n) is 7.95. The lowest BCUT2D eigenvalue weighted by Crippen LogP contribution is -2.59. The van der Waals surface area contributed by atoms with E-state index in [1.165, 1.54) is 18.6 Å². The molecule has 25 heavy (non-hydrogen) atoms. The van der Waals surface area contributed by atoms with Gasteiger partial charge in [-0.25, -0.2) is 0 Å². The molecule has 5 aliphatic rings. The van der Waals surface area contributed by atoms with Gasteiger partial charge in [-0.3, -0.25) is 20.2 Å². The quantitative estimate of drug-likeness (QED) is 0.605. The standard InChI is InChI=1S/C18H18N2O5/c21-19(22)8-2-1-7(12(3-8)20(23)24)6-25-13-5-11-14-9-4-10(9)15-17(13)16(11)18(14)15/h1-3,9-11,13-18H,4-6H2/t9-,10+,11+,13-,14-,15-,16-,17-,18+/m1/s1. The van der Waals surface area contributed by atoms with Crippen LogP contribution in [0.2, 0.25) is 0 Å². The van der Waals surface area contributed by atoms with Gasteiger partial charge < -0.3 is 4.74 Å². The van der Waals surface area contributed by atoms with Crippen molar-refractivity contribution in [3.05, 3.63) is 44.0 Å². The van der Waals surface area contributed by atoms with E-state index in [0.717, 1.165) is 53.9 Å². The van der Waals surface area contributed by atoms with Crippen LogP contribution in [0.4, 0.5) is 11.4 Å². The molecule has 0 aliphatic heterocycles. The highest BCUT2D eigenvalue weighted by molar-refractivity contribution is 5.48. The molecule has 0 radical (unpaired) electrons. The predicted octanol–water partition coefficient (Wildman–Crippen LogP) is 3.17. The van der Waals surface area contributed by atoms with Crippen molar-refractivity contribution in [2.45, 2.75) is 25.6 Å². The molecule has 5 aliphatic carbocycles. The van der Waals surface area contributed by atoms with Crippen molar-refractivity contribution >= 4 is 11.4 Å². The van der Waals surface area contributed by atoms with Crippen molar-refractivity contribution in [3.8, 4) is 0 Å². The van der Waals surface area contributed by atoms with Crippen LogP contribution in [0.3, 0.4) is 0 Å². The Morgan fingerprint density at radius 3 is 2.44 bits per heavy atom. The Kier molecular flexibility index (Phi) is 2.49. The van der Waals surface area contributed by atoms with Gasteiger partial charge in [-0.2, -0.15) is 0 Å². The van der Waals surface area contributed by atoms with Gasteiger partial charge in [0, 0.05) is 6.07 Å². The van der Waals surface area contributed by atoms with Gasteiger partial charge in [0.1, 0.15) is 0 Å². The molecule has 0 amide bonds. The third kappa shape index (κ3) is 1.60. The van der Waals surface area contributed by atoms with Crippen LogP contribution in [0.5, 0.6) is 0 Å². The number of fused-ring (bicyclic) bond motifs is 5. The molecule has 7 nitrogen and oxygen atoms in total. The van der Waals surface area contributed by atoms with Crippen molar-refractivity contribution in [1.29, 1.82) is 0 Å².